The molecule has 19 heavy (non-hydrogen) atoms. The summed E-state index contributed by atoms with van der Waals surface area (Å²) in [5.74, 6) is 5.72. The molecule has 2 heterocycles. The SMILES string of the molecule is CCOCCOc1nc(NN)nc(-n2cncn2)n1. The van der Waals surface area contributed by atoms with Crippen LogP contribution in [-0.2, 0) is 4.74 Å². The number of nitrogens with two attached hydrogens (primary N) is 1. The molecule has 0 aliphatic carbocycles. The summed E-state index contributed by atoms with van der Waals surface area (Å²) in [5.41, 5.74) is 2.34. The summed E-state index contributed by atoms with van der Waals surface area (Å²) in [6, 6.07) is 0.133. The van der Waals surface area contributed by atoms with Crippen LogP contribution >= 0.6 is 0 Å². The first kappa shape index (κ1) is 13.1. The molecule has 0 aliphatic heterocycles. The maximum atomic E-state index is 5.34. The van der Waals surface area contributed by atoms with Crippen LogP contribution in [0.2, 0.25) is 0 Å². The number of rotatable bonds is 7. The van der Waals surface area contributed by atoms with Crippen molar-refractivity contribution in [3.05, 3.63) is 12.7 Å². The van der Waals surface area contributed by atoms with Gasteiger partial charge in [-0.1, -0.05) is 0 Å². The van der Waals surface area contributed by atoms with Gasteiger partial charge in [-0.15, -0.1) is 0 Å². The minimum absolute atomic E-state index is 0.133. The van der Waals surface area contributed by atoms with Crippen molar-refractivity contribution in [3.8, 4) is 12.0 Å². The zero-order chi connectivity index (χ0) is 13.5. The second-order valence-electron chi connectivity index (χ2n) is 3.27. The molecule has 2 rings (SSSR count). The van der Waals surface area contributed by atoms with E-state index in [1.54, 1.807) is 0 Å². The molecule has 0 atom stereocenters. The predicted molar refractivity (Wildman–Crippen MR) is 64.5 cm³/mol. The van der Waals surface area contributed by atoms with Gasteiger partial charge in [-0.2, -0.15) is 24.7 Å². The monoisotopic (exact) mass is 266 g/mol. The van der Waals surface area contributed by atoms with Crippen LogP contribution in [0.3, 0.4) is 0 Å². The van der Waals surface area contributed by atoms with Crippen LogP contribution in [0, 0.1) is 0 Å². The molecule has 2 aromatic heterocycles. The Morgan fingerprint density at radius 3 is 2.89 bits per heavy atom. The highest BCUT2D eigenvalue weighted by atomic mass is 16.5. The van der Waals surface area contributed by atoms with Crippen molar-refractivity contribution >= 4 is 5.95 Å². The number of hydrogen-bond donors (Lipinski definition) is 2. The standard InChI is InChI=1S/C9H14N8O2/c1-2-18-3-4-19-9-14-7(16-10)13-8(15-9)17-6-11-5-12-17/h5-6H,2-4,10H2,1H3,(H,13,14,15,16). The lowest BCUT2D eigenvalue weighted by molar-refractivity contribution is 0.106. The molecule has 0 aliphatic rings. The highest BCUT2D eigenvalue weighted by Gasteiger charge is 2.09. The van der Waals surface area contributed by atoms with Crippen LogP contribution in [0.15, 0.2) is 12.7 Å². The number of aromatic nitrogens is 6. The lowest BCUT2D eigenvalue weighted by Gasteiger charge is -2.07. The lowest BCUT2D eigenvalue weighted by Crippen LogP contribution is -2.16. The second-order valence-corrected chi connectivity index (χ2v) is 3.27. The van der Waals surface area contributed by atoms with Crippen LogP contribution in [0.4, 0.5) is 5.95 Å². The van der Waals surface area contributed by atoms with Crippen LogP contribution in [-0.4, -0.2) is 49.5 Å². The Hall–Kier alpha value is -2.33. The van der Waals surface area contributed by atoms with Crippen molar-refractivity contribution in [3.63, 3.8) is 0 Å². The summed E-state index contributed by atoms with van der Waals surface area (Å²) in [6.45, 7) is 3.31. The van der Waals surface area contributed by atoms with E-state index in [1.807, 2.05) is 6.92 Å². The van der Waals surface area contributed by atoms with E-state index >= 15 is 0 Å². The van der Waals surface area contributed by atoms with Gasteiger partial charge in [0.2, 0.25) is 5.95 Å². The molecular weight excluding hydrogens is 252 g/mol. The van der Waals surface area contributed by atoms with E-state index < -0.39 is 0 Å². The Labute approximate surface area is 109 Å². The number of nitrogen functional groups attached to an aromatic ring is 1. The number of hydrazine groups is 1. The van der Waals surface area contributed by atoms with Crippen molar-refractivity contribution in [2.45, 2.75) is 6.92 Å². The van der Waals surface area contributed by atoms with Crippen LogP contribution < -0.4 is 16.0 Å². The molecule has 0 bridgehead atoms. The third kappa shape index (κ3) is 3.56. The van der Waals surface area contributed by atoms with Gasteiger partial charge >= 0.3 is 6.01 Å². The van der Waals surface area contributed by atoms with E-state index in [1.165, 1.54) is 17.3 Å². The summed E-state index contributed by atoms with van der Waals surface area (Å²) in [4.78, 5) is 15.9. The molecule has 2 aromatic rings. The molecule has 0 aromatic carbocycles. The molecule has 10 heteroatoms. The van der Waals surface area contributed by atoms with Crippen molar-refractivity contribution in [2.24, 2.45) is 5.84 Å². The first-order valence-corrected chi connectivity index (χ1v) is 5.61. The summed E-state index contributed by atoms with van der Waals surface area (Å²) in [6.07, 6.45) is 2.83. The van der Waals surface area contributed by atoms with E-state index in [-0.39, 0.29) is 17.9 Å². The predicted octanol–water partition coefficient (Wildman–Crippen LogP) is -0.847. The zero-order valence-electron chi connectivity index (χ0n) is 10.4. The molecule has 0 saturated carbocycles. The maximum Gasteiger partial charge on any atom is 0.323 e. The van der Waals surface area contributed by atoms with Crippen molar-refractivity contribution < 1.29 is 9.47 Å². The molecule has 0 spiro atoms. The first-order valence-electron chi connectivity index (χ1n) is 5.61. The van der Waals surface area contributed by atoms with E-state index in [4.69, 9.17) is 15.3 Å². The van der Waals surface area contributed by atoms with Gasteiger partial charge in [-0.05, 0) is 6.92 Å². The van der Waals surface area contributed by atoms with E-state index in [2.05, 4.69) is 30.5 Å². The minimum Gasteiger partial charge on any atom is -0.461 e. The van der Waals surface area contributed by atoms with Crippen LogP contribution in [0.1, 0.15) is 6.92 Å². The van der Waals surface area contributed by atoms with Gasteiger partial charge in [-0.3, -0.25) is 5.43 Å². The number of nitrogens with one attached hydrogen (secondary N) is 1. The summed E-state index contributed by atoms with van der Waals surface area (Å²) < 4.78 is 11.9. The first-order chi connectivity index (χ1) is 9.33. The smallest absolute Gasteiger partial charge is 0.323 e. The summed E-state index contributed by atoms with van der Waals surface area (Å²) >= 11 is 0. The van der Waals surface area contributed by atoms with Crippen LogP contribution in [0.25, 0.3) is 5.95 Å². The summed E-state index contributed by atoms with van der Waals surface area (Å²) in [7, 11) is 0. The largest absolute Gasteiger partial charge is 0.461 e. The zero-order valence-corrected chi connectivity index (χ0v) is 10.4. The molecule has 0 radical (unpaired) electrons. The van der Waals surface area contributed by atoms with Gasteiger partial charge in [0.05, 0.1) is 6.61 Å². The van der Waals surface area contributed by atoms with Gasteiger partial charge in [0.15, 0.2) is 0 Å². The van der Waals surface area contributed by atoms with Gasteiger partial charge in [0.1, 0.15) is 19.3 Å². The van der Waals surface area contributed by atoms with Crippen LogP contribution in [0.5, 0.6) is 6.01 Å². The number of hydrogen-bond acceptors (Lipinski definition) is 9. The Morgan fingerprint density at radius 1 is 1.32 bits per heavy atom. The third-order valence-electron chi connectivity index (χ3n) is 2.02. The van der Waals surface area contributed by atoms with Gasteiger partial charge in [-0.25, -0.2) is 10.8 Å². The molecule has 3 N–H and O–H groups in total. The fourth-order valence-corrected chi connectivity index (χ4v) is 1.23. The Bertz CT molecular complexity index is 503. The summed E-state index contributed by atoms with van der Waals surface area (Å²) in [5, 5.41) is 3.92. The molecule has 0 fully saturated rings. The Morgan fingerprint density at radius 2 is 2.21 bits per heavy atom. The molecule has 0 amide bonds. The molecule has 0 saturated heterocycles. The van der Waals surface area contributed by atoms with Gasteiger partial charge in [0, 0.05) is 6.61 Å². The number of nitrogens with zero attached hydrogens (tertiary/aromatic N) is 6. The average Bonchev–Trinajstić information content (AvgIpc) is 2.97. The van der Waals surface area contributed by atoms with Crippen molar-refractivity contribution in [1.29, 1.82) is 0 Å². The van der Waals surface area contributed by atoms with E-state index in [0.717, 1.165) is 0 Å². The lowest BCUT2D eigenvalue weighted by atomic mass is 10.7. The number of anilines is 1. The maximum absolute atomic E-state index is 5.34. The van der Waals surface area contributed by atoms with Crippen molar-refractivity contribution in [2.75, 3.05) is 25.2 Å². The van der Waals surface area contributed by atoms with E-state index in [9.17, 15) is 0 Å². The molecular formula is C9H14N8O2. The highest BCUT2D eigenvalue weighted by molar-refractivity contribution is 5.27. The van der Waals surface area contributed by atoms with Gasteiger partial charge in [0.25, 0.3) is 5.95 Å². The second kappa shape index (κ2) is 6.56. The Balaban J connectivity index is 2.12. The topological polar surface area (TPSA) is 126 Å². The molecule has 10 nitrogen and oxygen atoms in total. The average molecular weight is 266 g/mol. The highest BCUT2D eigenvalue weighted by Crippen LogP contribution is 2.09. The Kier molecular flexibility index (Phi) is 4.53. The third-order valence-corrected chi connectivity index (χ3v) is 2.02. The number of ether oxygens (including phenoxy) is 2. The fraction of sp³-hybridized carbons (Fsp3) is 0.444. The molecule has 102 valence electrons. The quantitative estimate of drug-likeness (QED) is 0.374. The van der Waals surface area contributed by atoms with Gasteiger partial charge < -0.3 is 9.47 Å². The normalized spacial score (nSPS) is 10.4. The molecule has 0 unspecified atom stereocenters. The van der Waals surface area contributed by atoms with E-state index in [0.29, 0.717) is 19.8 Å². The fourth-order valence-electron chi connectivity index (χ4n) is 1.23. The minimum atomic E-state index is 0.133. The van der Waals surface area contributed by atoms with Crippen molar-refractivity contribution in [1.82, 2.24) is 29.7 Å².